The summed E-state index contributed by atoms with van der Waals surface area (Å²) in [7, 11) is 0. The predicted octanol–water partition coefficient (Wildman–Crippen LogP) is 4.52. The highest BCUT2D eigenvalue weighted by molar-refractivity contribution is 5.89. The van der Waals surface area contributed by atoms with E-state index in [0.717, 1.165) is 30.2 Å². The minimum Gasteiger partial charge on any atom is -0.372 e. The highest BCUT2D eigenvalue weighted by atomic mass is 16.1. The molecule has 3 N–H and O–H groups in total. The van der Waals surface area contributed by atoms with Crippen molar-refractivity contribution in [2.24, 2.45) is 0 Å². The van der Waals surface area contributed by atoms with Crippen LogP contribution in [0.1, 0.15) is 19.8 Å². The third-order valence-corrected chi connectivity index (χ3v) is 4.73. The van der Waals surface area contributed by atoms with E-state index in [0.29, 0.717) is 11.6 Å². The summed E-state index contributed by atoms with van der Waals surface area (Å²) in [6, 6.07) is 17.7. The van der Waals surface area contributed by atoms with Gasteiger partial charge in [0.1, 0.15) is 18.0 Å². The van der Waals surface area contributed by atoms with Crippen LogP contribution >= 0.6 is 0 Å². The summed E-state index contributed by atoms with van der Waals surface area (Å²) in [5.41, 5.74) is 3.80. The summed E-state index contributed by atoms with van der Waals surface area (Å²) >= 11 is 0. The van der Waals surface area contributed by atoms with Gasteiger partial charge in [-0.05, 0) is 55.3 Å². The van der Waals surface area contributed by atoms with Crippen molar-refractivity contribution >= 4 is 40.3 Å². The van der Waals surface area contributed by atoms with Gasteiger partial charge in [-0.1, -0.05) is 6.07 Å². The van der Waals surface area contributed by atoms with Crippen molar-refractivity contribution in [3.05, 3.63) is 60.9 Å². The molecular weight excluding hydrogens is 364 g/mol. The number of nitrogens with one attached hydrogen (secondary N) is 3. The lowest BCUT2D eigenvalue weighted by molar-refractivity contribution is -0.114. The third-order valence-electron chi connectivity index (χ3n) is 4.73. The van der Waals surface area contributed by atoms with Crippen LogP contribution in [0.25, 0.3) is 0 Å². The topological polar surface area (TPSA) is 82.2 Å². The van der Waals surface area contributed by atoms with Gasteiger partial charge in [0.25, 0.3) is 0 Å². The van der Waals surface area contributed by atoms with Crippen LogP contribution < -0.4 is 20.9 Å². The average molecular weight is 388 g/mol. The standard InChI is InChI=1S/C22H24N6O/c1-16(29)25-18-5-4-6-19(13-18)27-22-14-21(23-15-24-22)26-17-7-9-20(10-8-17)28-11-2-3-12-28/h4-10,13-15H,2-3,11-12H2,1H3,(H,25,29)(H2,23,24,26,27). The SMILES string of the molecule is CC(=O)Nc1cccc(Nc2cc(Nc3ccc(N4CCCC4)cc3)ncn2)c1. The van der Waals surface area contributed by atoms with E-state index in [1.54, 1.807) is 0 Å². The van der Waals surface area contributed by atoms with Gasteiger partial charge >= 0.3 is 0 Å². The zero-order valence-corrected chi connectivity index (χ0v) is 16.4. The maximum absolute atomic E-state index is 11.2. The zero-order valence-electron chi connectivity index (χ0n) is 16.4. The van der Waals surface area contributed by atoms with E-state index in [4.69, 9.17) is 0 Å². The van der Waals surface area contributed by atoms with Gasteiger partial charge in [0, 0.05) is 48.8 Å². The van der Waals surface area contributed by atoms with Gasteiger partial charge in [-0.15, -0.1) is 0 Å². The second-order valence-corrected chi connectivity index (χ2v) is 7.04. The van der Waals surface area contributed by atoms with Crippen molar-refractivity contribution in [3.8, 4) is 0 Å². The maximum atomic E-state index is 11.2. The van der Waals surface area contributed by atoms with Crippen molar-refractivity contribution in [2.75, 3.05) is 33.9 Å². The molecule has 0 atom stereocenters. The Labute approximate surface area is 170 Å². The fourth-order valence-electron chi connectivity index (χ4n) is 3.40. The number of amides is 1. The Morgan fingerprint density at radius 2 is 1.52 bits per heavy atom. The highest BCUT2D eigenvalue weighted by Gasteiger charge is 2.11. The van der Waals surface area contributed by atoms with Gasteiger partial charge in [-0.25, -0.2) is 9.97 Å². The predicted molar refractivity (Wildman–Crippen MR) is 117 cm³/mol. The molecule has 148 valence electrons. The Morgan fingerprint density at radius 1 is 0.862 bits per heavy atom. The minimum atomic E-state index is -0.105. The van der Waals surface area contributed by atoms with Crippen LogP contribution in [-0.4, -0.2) is 29.0 Å². The monoisotopic (exact) mass is 388 g/mol. The van der Waals surface area contributed by atoms with Crippen molar-refractivity contribution in [1.82, 2.24) is 9.97 Å². The van der Waals surface area contributed by atoms with Crippen LogP contribution in [0.5, 0.6) is 0 Å². The number of rotatable bonds is 6. The van der Waals surface area contributed by atoms with E-state index in [-0.39, 0.29) is 5.91 Å². The highest BCUT2D eigenvalue weighted by Crippen LogP contribution is 2.25. The van der Waals surface area contributed by atoms with E-state index >= 15 is 0 Å². The molecule has 0 unspecified atom stereocenters. The molecule has 1 saturated heterocycles. The number of anilines is 6. The minimum absolute atomic E-state index is 0.105. The molecule has 1 aliphatic rings. The van der Waals surface area contributed by atoms with Gasteiger partial charge in [0.15, 0.2) is 0 Å². The Bertz CT molecular complexity index is 983. The zero-order chi connectivity index (χ0) is 20.1. The molecule has 0 aliphatic carbocycles. The summed E-state index contributed by atoms with van der Waals surface area (Å²) in [5, 5.41) is 9.33. The molecule has 1 amide bonds. The molecule has 1 fully saturated rings. The molecule has 0 bridgehead atoms. The number of aromatic nitrogens is 2. The molecule has 3 aromatic rings. The molecule has 0 saturated carbocycles. The second-order valence-electron chi connectivity index (χ2n) is 7.04. The molecule has 7 heteroatoms. The van der Waals surface area contributed by atoms with Crippen LogP contribution in [0, 0.1) is 0 Å². The molecule has 7 nitrogen and oxygen atoms in total. The fourth-order valence-corrected chi connectivity index (χ4v) is 3.40. The van der Waals surface area contributed by atoms with Crippen LogP contribution in [0.15, 0.2) is 60.9 Å². The fraction of sp³-hybridized carbons (Fsp3) is 0.227. The van der Waals surface area contributed by atoms with E-state index < -0.39 is 0 Å². The first kappa shape index (κ1) is 18.7. The number of benzene rings is 2. The molecule has 0 radical (unpaired) electrons. The number of hydrogen-bond acceptors (Lipinski definition) is 6. The lowest BCUT2D eigenvalue weighted by Crippen LogP contribution is -2.17. The second kappa shape index (κ2) is 8.60. The lowest BCUT2D eigenvalue weighted by atomic mass is 10.2. The molecule has 2 aromatic carbocycles. The van der Waals surface area contributed by atoms with E-state index in [9.17, 15) is 4.79 Å². The van der Waals surface area contributed by atoms with Crippen LogP contribution in [0.2, 0.25) is 0 Å². The first-order valence-corrected chi connectivity index (χ1v) is 9.74. The van der Waals surface area contributed by atoms with Gasteiger partial charge in [-0.2, -0.15) is 0 Å². The van der Waals surface area contributed by atoms with E-state index in [1.165, 1.54) is 31.8 Å². The average Bonchev–Trinajstić information content (AvgIpc) is 3.23. The van der Waals surface area contributed by atoms with Crippen molar-refractivity contribution in [1.29, 1.82) is 0 Å². The first-order chi connectivity index (χ1) is 14.2. The normalized spacial score (nSPS) is 13.2. The number of nitrogens with zero attached hydrogens (tertiary/aromatic N) is 3. The molecule has 0 spiro atoms. The number of hydrogen-bond donors (Lipinski definition) is 3. The van der Waals surface area contributed by atoms with Gasteiger partial charge in [-0.3, -0.25) is 4.79 Å². The number of carbonyl (C=O) groups excluding carboxylic acids is 1. The van der Waals surface area contributed by atoms with Gasteiger partial charge in [0.2, 0.25) is 5.91 Å². The number of carbonyl (C=O) groups is 1. The maximum Gasteiger partial charge on any atom is 0.221 e. The van der Waals surface area contributed by atoms with Crippen molar-refractivity contribution in [2.45, 2.75) is 19.8 Å². The Balaban J connectivity index is 1.43. The van der Waals surface area contributed by atoms with Crippen molar-refractivity contribution < 1.29 is 4.79 Å². The van der Waals surface area contributed by atoms with Crippen molar-refractivity contribution in [3.63, 3.8) is 0 Å². The van der Waals surface area contributed by atoms with E-state index in [1.807, 2.05) is 30.3 Å². The summed E-state index contributed by atoms with van der Waals surface area (Å²) in [4.78, 5) is 22.2. The molecule has 2 heterocycles. The Hall–Kier alpha value is -3.61. The lowest BCUT2D eigenvalue weighted by Gasteiger charge is -2.18. The summed E-state index contributed by atoms with van der Waals surface area (Å²) in [6.45, 7) is 3.76. The third kappa shape index (κ3) is 5.01. The van der Waals surface area contributed by atoms with Crippen LogP contribution in [0.4, 0.5) is 34.4 Å². The smallest absolute Gasteiger partial charge is 0.221 e. The molecule has 4 rings (SSSR count). The largest absolute Gasteiger partial charge is 0.372 e. The molecule has 29 heavy (non-hydrogen) atoms. The van der Waals surface area contributed by atoms with Gasteiger partial charge < -0.3 is 20.9 Å². The molecule has 1 aromatic heterocycles. The molecule has 1 aliphatic heterocycles. The summed E-state index contributed by atoms with van der Waals surface area (Å²) in [6.07, 6.45) is 4.05. The molecular formula is C22H24N6O. The van der Waals surface area contributed by atoms with Crippen LogP contribution in [-0.2, 0) is 4.79 Å². The Morgan fingerprint density at radius 3 is 2.21 bits per heavy atom. The summed E-state index contributed by atoms with van der Waals surface area (Å²) < 4.78 is 0. The van der Waals surface area contributed by atoms with E-state index in [2.05, 4.69) is 55.1 Å². The quantitative estimate of drug-likeness (QED) is 0.576. The Kier molecular flexibility index (Phi) is 5.56. The first-order valence-electron chi connectivity index (χ1n) is 9.74. The van der Waals surface area contributed by atoms with Gasteiger partial charge in [0.05, 0.1) is 0 Å². The van der Waals surface area contributed by atoms with Crippen LogP contribution in [0.3, 0.4) is 0 Å². The summed E-state index contributed by atoms with van der Waals surface area (Å²) in [5.74, 6) is 1.26.